The predicted molar refractivity (Wildman–Crippen MR) is 66.2 cm³/mol. The molecule has 1 saturated heterocycles. The highest BCUT2D eigenvalue weighted by Gasteiger charge is 2.16. The number of nitrogens with zero attached hydrogens (tertiary/aromatic N) is 2. The Labute approximate surface area is 102 Å². The zero-order valence-corrected chi connectivity index (χ0v) is 10.6. The highest BCUT2D eigenvalue weighted by Crippen LogP contribution is 2.31. The fourth-order valence-electron chi connectivity index (χ4n) is 1.29. The van der Waals surface area contributed by atoms with Gasteiger partial charge in [-0.15, -0.1) is 11.6 Å². The first-order chi connectivity index (χ1) is 6.81. The van der Waals surface area contributed by atoms with Crippen molar-refractivity contribution in [1.82, 2.24) is 4.98 Å². The topological polar surface area (TPSA) is 16.1 Å². The van der Waals surface area contributed by atoms with E-state index in [0.717, 1.165) is 23.1 Å². The zero-order valence-electron chi connectivity index (χ0n) is 7.50. The van der Waals surface area contributed by atoms with E-state index in [4.69, 9.17) is 23.2 Å². The van der Waals surface area contributed by atoms with Crippen LogP contribution in [0.3, 0.4) is 0 Å². The second kappa shape index (κ2) is 4.92. The Hall–Kier alpha value is 0.360. The van der Waals surface area contributed by atoms with Gasteiger partial charge in [0.05, 0.1) is 10.8 Å². The van der Waals surface area contributed by atoms with Gasteiger partial charge in [-0.05, 0) is 0 Å². The largest absolute Gasteiger partial charge is 0.346 e. The summed E-state index contributed by atoms with van der Waals surface area (Å²) in [5, 5.41) is 1.59. The summed E-state index contributed by atoms with van der Waals surface area (Å²) in [5.74, 6) is 2.81. The molecule has 1 fully saturated rings. The summed E-state index contributed by atoms with van der Waals surface area (Å²) in [5.41, 5.74) is 0. The normalized spacial score (nSPS) is 17.4. The van der Waals surface area contributed by atoms with Crippen LogP contribution in [0.4, 0.5) is 5.13 Å². The lowest BCUT2D eigenvalue weighted by molar-refractivity contribution is 0.853. The smallest absolute Gasteiger partial charge is 0.187 e. The van der Waals surface area contributed by atoms with Crippen molar-refractivity contribution in [2.45, 2.75) is 5.88 Å². The van der Waals surface area contributed by atoms with Gasteiger partial charge in [-0.1, -0.05) is 22.9 Å². The molecule has 0 saturated carbocycles. The zero-order chi connectivity index (χ0) is 9.97. The molecule has 2 nitrogen and oxygen atoms in total. The molecule has 2 heterocycles. The third kappa shape index (κ3) is 2.30. The summed E-state index contributed by atoms with van der Waals surface area (Å²) in [7, 11) is 0. The molecule has 1 aliphatic rings. The van der Waals surface area contributed by atoms with Gasteiger partial charge in [0, 0.05) is 24.6 Å². The van der Waals surface area contributed by atoms with E-state index in [1.54, 1.807) is 11.3 Å². The van der Waals surface area contributed by atoms with Crippen molar-refractivity contribution in [2.24, 2.45) is 0 Å². The molecular weight excluding hydrogens is 259 g/mol. The minimum atomic E-state index is 0.457. The summed E-state index contributed by atoms with van der Waals surface area (Å²) in [6.07, 6.45) is 0. The van der Waals surface area contributed by atoms with Crippen LogP contribution in [0.1, 0.15) is 4.88 Å². The molecular formula is C8H10Cl2N2S2. The Bertz CT molecular complexity index is 310. The predicted octanol–water partition coefficient (Wildman–Crippen LogP) is 3.09. The van der Waals surface area contributed by atoms with Crippen LogP contribution in [0.2, 0.25) is 5.15 Å². The molecule has 1 aromatic rings. The van der Waals surface area contributed by atoms with E-state index in [-0.39, 0.29) is 0 Å². The van der Waals surface area contributed by atoms with Crippen LogP contribution in [0.5, 0.6) is 0 Å². The van der Waals surface area contributed by atoms with Crippen LogP contribution >= 0.6 is 46.3 Å². The third-order valence-corrected chi connectivity index (χ3v) is 4.95. The fourth-order valence-corrected chi connectivity index (χ4v) is 3.72. The Kier molecular flexibility index (Phi) is 3.82. The lowest BCUT2D eigenvalue weighted by atomic mass is 10.5. The van der Waals surface area contributed by atoms with Crippen LogP contribution in [0.25, 0.3) is 0 Å². The maximum Gasteiger partial charge on any atom is 0.187 e. The quantitative estimate of drug-likeness (QED) is 0.767. The third-order valence-electron chi connectivity index (χ3n) is 2.04. The van der Waals surface area contributed by atoms with Gasteiger partial charge in [0.25, 0.3) is 0 Å². The molecule has 0 spiro atoms. The van der Waals surface area contributed by atoms with E-state index in [9.17, 15) is 0 Å². The molecule has 0 radical (unpaired) electrons. The number of hydrogen-bond donors (Lipinski definition) is 0. The lowest BCUT2D eigenvalue weighted by Gasteiger charge is -2.25. The van der Waals surface area contributed by atoms with Crippen LogP contribution in [-0.4, -0.2) is 29.6 Å². The standard InChI is InChI=1S/C8H10Cl2N2S2/c9-5-6-7(10)11-8(14-6)12-1-3-13-4-2-12/h1-5H2. The van der Waals surface area contributed by atoms with Gasteiger partial charge in [-0.25, -0.2) is 4.98 Å². The molecule has 0 amide bonds. The van der Waals surface area contributed by atoms with Gasteiger partial charge in [0.1, 0.15) is 5.15 Å². The Morgan fingerprint density at radius 2 is 2.07 bits per heavy atom. The van der Waals surface area contributed by atoms with Gasteiger partial charge in [-0.3, -0.25) is 0 Å². The Morgan fingerprint density at radius 1 is 1.36 bits per heavy atom. The first-order valence-electron chi connectivity index (χ1n) is 4.35. The van der Waals surface area contributed by atoms with Crippen molar-refractivity contribution in [1.29, 1.82) is 0 Å². The van der Waals surface area contributed by atoms with E-state index in [0.29, 0.717) is 11.0 Å². The van der Waals surface area contributed by atoms with Crippen LogP contribution < -0.4 is 4.90 Å². The van der Waals surface area contributed by atoms with Gasteiger partial charge in [-0.2, -0.15) is 11.8 Å². The molecule has 1 aromatic heterocycles. The molecule has 0 aromatic carbocycles. The average Bonchev–Trinajstić information content (AvgIpc) is 2.61. The molecule has 2 rings (SSSR count). The van der Waals surface area contributed by atoms with Crippen molar-refractivity contribution < 1.29 is 0 Å². The van der Waals surface area contributed by atoms with Gasteiger partial charge in [0.2, 0.25) is 0 Å². The first kappa shape index (κ1) is 10.9. The molecule has 0 atom stereocenters. The maximum atomic E-state index is 5.95. The maximum absolute atomic E-state index is 5.95. The molecule has 0 unspecified atom stereocenters. The molecule has 0 aliphatic carbocycles. The molecule has 1 aliphatic heterocycles. The van der Waals surface area contributed by atoms with E-state index in [1.165, 1.54) is 11.5 Å². The molecule has 0 N–H and O–H groups in total. The van der Waals surface area contributed by atoms with Gasteiger partial charge in [0.15, 0.2) is 5.13 Å². The van der Waals surface area contributed by atoms with Crippen molar-refractivity contribution in [2.75, 3.05) is 29.5 Å². The van der Waals surface area contributed by atoms with Crippen molar-refractivity contribution >= 4 is 51.4 Å². The van der Waals surface area contributed by atoms with Crippen LogP contribution in [0.15, 0.2) is 0 Å². The minimum Gasteiger partial charge on any atom is -0.346 e. The molecule has 0 bridgehead atoms. The number of halogens is 2. The second-order valence-electron chi connectivity index (χ2n) is 2.94. The molecule has 78 valence electrons. The van der Waals surface area contributed by atoms with E-state index >= 15 is 0 Å². The summed E-state index contributed by atoms with van der Waals surface area (Å²) >= 11 is 15.3. The molecule has 6 heteroatoms. The summed E-state index contributed by atoms with van der Waals surface area (Å²) in [4.78, 5) is 7.58. The highest BCUT2D eigenvalue weighted by molar-refractivity contribution is 7.99. The number of hydrogen-bond acceptors (Lipinski definition) is 4. The minimum absolute atomic E-state index is 0.457. The van der Waals surface area contributed by atoms with Gasteiger partial charge < -0.3 is 4.90 Å². The number of thioether (sulfide) groups is 1. The number of rotatable bonds is 2. The first-order valence-corrected chi connectivity index (χ1v) is 7.23. The number of anilines is 1. The van der Waals surface area contributed by atoms with Crippen molar-refractivity contribution in [3.63, 3.8) is 0 Å². The highest BCUT2D eigenvalue weighted by atomic mass is 35.5. The van der Waals surface area contributed by atoms with Crippen LogP contribution in [-0.2, 0) is 5.88 Å². The average molecular weight is 269 g/mol. The lowest BCUT2D eigenvalue weighted by Crippen LogP contribution is -2.32. The Balaban J connectivity index is 2.14. The Morgan fingerprint density at radius 3 is 2.64 bits per heavy atom. The summed E-state index contributed by atoms with van der Waals surface area (Å²) in [6.45, 7) is 2.13. The SMILES string of the molecule is ClCc1sc(N2CCSCC2)nc1Cl. The monoisotopic (exact) mass is 268 g/mol. The van der Waals surface area contributed by atoms with Gasteiger partial charge >= 0.3 is 0 Å². The van der Waals surface area contributed by atoms with Crippen molar-refractivity contribution in [3.05, 3.63) is 10.0 Å². The number of aromatic nitrogens is 1. The second-order valence-corrected chi connectivity index (χ2v) is 5.86. The molecule has 14 heavy (non-hydrogen) atoms. The van der Waals surface area contributed by atoms with E-state index < -0.39 is 0 Å². The van der Waals surface area contributed by atoms with E-state index in [1.807, 2.05) is 11.8 Å². The van der Waals surface area contributed by atoms with E-state index in [2.05, 4.69) is 9.88 Å². The van der Waals surface area contributed by atoms with Crippen LogP contribution in [0, 0.1) is 0 Å². The summed E-state index contributed by atoms with van der Waals surface area (Å²) in [6, 6.07) is 0. The van der Waals surface area contributed by atoms with Crippen molar-refractivity contribution in [3.8, 4) is 0 Å². The fraction of sp³-hybridized carbons (Fsp3) is 0.625. The number of thiazole rings is 1. The number of alkyl halides is 1. The summed E-state index contributed by atoms with van der Waals surface area (Å²) < 4.78 is 0.